The zero-order valence-corrected chi connectivity index (χ0v) is 9.52. The van der Waals surface area contributed by atoms with Gasteiger partial charge in [0.1, 0.15) is 0 Å². The maximum Gasteiger partial charge on any atom is 0.0731 e. The van der Waals surface area contributed by atoms with Crippen molar-refractivity contribution in [3.8, 4) is 0 Å². The van der Waals surface area contributed by atoms with Crippen LogP contribution in [0.1, 0.15) is 0 Å². The summed E-state index contributed by atoms with van der Waals surface area (Å²) in [4.78, 5) is 0. The molecule has 0 aliphatic heterocycles. The maximum absolute atomic E-state index is 9.07. The molecule has 0 aromatic heterocycles. The van der Waals surface area contributed by atoms with Crippen LogP contribution in [0.25, 0.3) is 0 Å². The minimum atomic E-state index is -1.19. The van der Waals surface area contributed by atoms with Crippen molar-refractivity contribution in [3.63, 3.8) is 0 Å². The molecule has 0 aromatic rings. The second-order valence-electron chi connectivity index (χ2n) is 3.25. The Morgan fingerprint density at radius 1 is 1.78 bits per heavy atom. The van der Waals surface area contributed by atoms with Crippen LogP contribution in [0.15, 0.2) is 12.3 Å². The average molecular weight is 160 g/mol. The Morgan fingerprint density at radius 2 is 2.22 bits per heavy atom. The van der Waals surface area contributed by atoms with E-state index in [0.717, 1.165) is 16.3 Å². The zero-order chi connectivity index (χ0) is 7.49. The van der Waals surface area contributed by atoms with E-state index in [9.17, 15) is 0 Å². The van der Waals surface area contributed by atoms with Gasteiger partial charge in [-0.25, -0.2) is 0 Å². The fourth-order valence-electron chi connectivity index (χ4n) is 0.845. The van der Waals surface area contributed by atoms with Gasteiger partial charge in [0.25, 0.3) is 0 Å². The molecule has 1 nitrogen and oxygen atoms in total. The van der Waals surface area contributed by atoms with Crippen LogP contribution in [-0.2, 0) is 0 Å². The van der Waals surface area contributed by atoms with Gasteiger partial charge in [-0.2, -0.15) is 0 Å². The van der Waals surface area contributed by atoms with Gasteiger partial charge in [-0.15, -0.1) is 12.3 Å². The van der Waals surface area contributed by atoms with Gasteiger partial charge in [-0.3, -0.25) is 0 Å². The first kappa shape index (κ1) is 9.13. The molecule has 54 valence electrons. The van der Waals surface area contributed by atoms with Crippen LogP contribution >= 0.6 is 0 Å². The molecule has 0 bridgehead atoms. The van der Waals surface area contributed by atoms with Gasteiger partial charge >= 0.3 is 0 Å². The van der Waals surface area contributed by atoms with Gasteiger partial charge in [-0.05, 0) is 6.04 Å². The quantitative estimate of drug-likeness (QED) is 0.581. The van der Waals surface area contributed by atoms with Crippen molar-refractivity contribution in [2.75, 3.05) is 0 Å². The Balaban J connectivity index is 3.71. The highest BCUT2D eigenvalue weighted by Crippen LogP contribution is 2.10. The third-order valence-corrected chi connectivity index (χ3v) is 5.35. The van der Waals surface area contributed by atoms with Crippen molar-refractivity contribution in [1.82, 2.24) is 0 Å². The summed E-state index contributed by atoms with van der Waals surface area (Å²) in [5.74, 6) is 0. The molecule has 0 saturated carbocycles. The topological polar surface area (TPSA) is 20.2 Å². The Kier molecular flexibility index (Phi) is 3.39. The van der Waals surface area contributed by atoms with E-state index in [1.807, 2.05) is 5.70 Å². The van der Waals surface area contributed by atoms with Crippen molar-refractivity contribution in [2.24, 2.45) is 0 Å². The summed E-state index contributed by atoms with van der Waals surface area (Å²) < 4.78 is 0. The molecule has 3 heteroatoms. The van der Waals surface area contributed by atoms with Crippen molar-refractivity contribution in [3.05, 3.63) is 12.3 Å². The number of rotatable bonds is 3. The molecule has 0 saturated heterocycles. The first-order valence-electron chi connectivity index (χ1n) is 3.29. The Hall–Kier alpha value is 0.134. The van der Waals surface area contributed by atoms with Gasteiger partial charge in [0, 0.05) is 16.0 Å². The molecule has 0 aliphatic carbocycles. The standard InChI is InChI=1S/C6H16OSi2/c1-4-9(2,3)5-6(7)8/h4,6-7H,1,5H2,2-3,8H3. The van der Waals surface area contributed by atoms with Crippen LogP contribution in [-0.4, -0.2) is 29.2 Å². The smallest absolute Gasteiger partial charge is 0.0731 e. The van der Waals surface area contributed by atoms with Crippen LogP contribution < -0.4 is 0 Å². The lowest BCUT2D eigenvalue weighted by Crippen LogP contribution is -2.28. The molecule has 0 radical (unpaired) electrons. The minimum absolute atomic E-state index is 0.0235. The maximum atomic E-state index is 9.07. The molecule has 9 heavy (non-hydrogen) atoms. The summed E-state index contributed by atoms with van der Waals surface area (Å²) in [7, 11) is -0.295. The van der Waals surface area contributed by atoms with Crippen molar-refractivity contribution >= 4 is 18.3 Å². The van der Waals surface area contributed by atoms with Crippen molar-refractivity contribution in [1.29, 1.82) is 0 Å². The average Bonchev–Trinajstić information content (AvgIpc) is 1.63. The van der Waals surface area contributed by atoms with E-state index in [4.69, 9.17) is 5.11 Å². The summed E-state index contributed by atoms with van der Waals surface area (Å²) >= 11 is 0. The number of aliphatic hydroxyl groups excluding tert-OH is 1. The number of aliphatic hydroxyl groups is 1. The van der Waals surface area contributed by atoms with Crippen LogP contribution in [0, 0.1) is 0 Å². The molecule has 1 atom stereocenters. The van der Waals surface area contributed by atoms with Gasteiger partial charge in [-0.1, -0.05) is 13.1 Å². The van der Waals surface area contributed by atoms with Crippen molar-refractivity contribution < 1.29 is 5.11 Å². The largest absolute Gasteiger partial charge is 0.398 e. The van der Waals surface area contributed by atoms with E-state index >= 15 is 0 Å². The molecule has 0 heterocycles. The summed E-state index contributed by atoms with van der Waals surface area (Å²) in [6, 6.07) is 0.989. The Bertz CT molecular complexity index is 99.2. The highest BCUT2D eigenvalue weighted by molar-refractivity contribution is 6.82. The summed E-state index contributed by atoms with van der Waals surface area (Å²) in [6.07, 6.45) is 0. The highest BCUT2D eigenvalue weighted by atomic mass is 28.3. The third-order valence-electron chi connectivity index (χ3n) is 1.37. The molecular weight excluding hydrogens is 144 g/mol. The predicted octanol–water partition coefficient (Wildman–Crippen LogP) is 0.104. The van der Waals surface area contributed by atoms with Crippen molar-refractivity contribution in [2.45, 2.75) is 24.9 Å². The van der Waals surface area contributed by atoms with Crippen LogP contribution in [0.3, 0.4) is 0 Å². The third kappa shape index (κ3) is 4.63. The SMILES string of the molecule is C=C[Si](C)(C)CC(O)[SiH3]. The molecule has 0 fully saturated rings. The first-order valence-corrected chi connectivity index (χ1v) is 7.73. The van der Waals surface area contributed by atoms with Gasteiger partial charge in [0.05, 0.1) is 8.07 Å². The molecule has 0 spiro atoms. The molecular formula is C6H16OSi2. The number of hydrogen-bond donors (Lipinski definition) is 1. The lowest BCUT2D eigenvalue weighted by atomic mass is 10.8. The van der Waals surface area contributed by atoms with Gasteiger partial charge in [0.2, 0.25) is 0 Å². The molecule has 1 N–H and O–H groups in total. The lowest BCUT2D eigenvalue weighted by molar-refractivity contribution is 0.274. The second-order valence-corrected chi connectivity index (χ2v) is 9.37. The van der Waals surface area contributed by atoms with Crippen LogP contribution in [0.5, 0.6) is 0 Å². The summed E-state index contributed by atoms with van der Waals surface area (Å²) in [5, 5.41) is 9.07. The van der Waals surface area contributed by atoms with E-state index in [2.05, 4.69) is 19.7 Å². The van der Waals surface area contributed by atoms with E-state index in [1.165, 1.54) is 0 Å². The fourth-order valence-corrected chi connectivity index (χ4v) is 5.69. The monoisotopic (exact) mass is 160 g/mol. The zero-order valence-electron chi connectivity index (χ0n) is 6.52. The van der Waals surface area contributed by atoms with E-state index in [-0.39, 0.29) is 5.73 Å². The molecule has 1 unspecified atom stereocenters. The lowest BCUT2D eigenvalue weighted by Gasteiger charge is -2.18. The number of hydrogen-bond acceptors (Lipinski definition) is 1. The molecule has 0 aliphatic rings. The van der Waals surface area contributed by atoms with E-state index in [0.29, 0.717) is 0 Å². The molecule has 0 aromatic carbocycles. The summed E-state index contributed by atoms with van der Waals surface area (Å²) in [6.45, 7) is 8.20. The second kappa shape index (κ2) is 3.34. The Labute approximate surface area is 61.2 Å². The highest BCUT2D eigenvalue weighted by Gasteiger charge is 2.17. The van der Waals surface area contributed by atoms with Crippen LogP contribution in [0.4, 0.5) is 0 Å². The van der Waals surface area contributed by atoms with Gasteiger partial charge in [0.15, 0.2) is 0 Å². The van der Waals surface area contributed by atoms with Gasteiger partial charge < -0.3 is 5.11 Å². The van der Waals surface area contributed by atoms with E-state index < -0.39 is 8.07 Å². The Morgan fingerprint density at radius 3 is 2.33 bits per heavy atom. The normalized spacial score (nSPS) is 15.4. The minimum Gasteiger partial charge on any atom is -0.398 e. The summed E-state index contributed by atoms with van der Waals surface area (Å²) in [5.41, 5.74) is 2.01. The molecule has 0 amide bonds. The van der Waals surface area contributed by atoms with E-state index in [1.54, 1.807) is 0 Å². The first-order chi connectivity index (χ1) is 3.98. The predicted molar refractivity (Wildman–Crippen MR) is 48.4 cm³/mol. The fraction of sp³-hybridized carbons (Fsp3) is 0.667. The van der Waals surface area contributed by atoms with Crippen LogP contribution in [0.2, 0.25) is 19.1 Å². The molecule has 0 rings (SSSR count).